The molecule has 1 amide bonds. The minimum atomic E-state index is -0.669. The van der Waals surface area contributed by atoms with Crippen molar-refractivity contribution in [3.63, 3.8) is 0 Å². The van der Waals surface area contributed by atoms with E-state index in [9.17, 15) is 20.2 Å². The Morgan fingerprint density at radius 1 is 1.17 bits per heavy atom. The molecule has 0 atom stereocenters. The molecule has 0 aromatic heterocycles. The van der Waals surface area contributed by atoms with E-state index in [-0.39, 0.29) is 11.3 Å². The molecule has 0 bridgehead atoms. The van der Waals surface area contributed by atoms with E-state index in [1.807, 2.05) is 11.0 Å². The number of benzene rings is 2. The summed E-state index contributed by atoms with van der Waals surface area (Å²) in [5, 5.41) is 24.1. The van der Waals surface area contributed by atoms with Gasteiger partial charge < -0.3 is 10.2 Å². The summed E-state index contributed by atoms with van der Waals surface area (Å²) in [4.78, 5) is 25.5. The van der Waals surface area contributed by atoms with Gasteiger partial charge in [0.25, 0.3) is 11.6 Å². The van der Waals surface area contributed by atoms with E-state index in [4.69, 9.17) is 23.2 Å². The second-order valence-corrected chi connectivity index (χ2v) is 7.35. The molecule has 0 radical (unpaired) electrons. The van der Waals surface area contributed by atoms with Gasteiger partial charge in [0.1, 0.15) is 17.3 Å². The summed E-state index contributed by atoms with van der Waals surface area (Å²) in [6, 6.07) is 11.0. The normalized spacial score (nSPS) is 13.8. The molecule has 0 spiro atoms. The van der Waals surface area contributed by atoms with Crippen molar-refractivity contribution >= 4 is 52.2 Å². The number of hydrogen-bond acceptors (Lipinski definition) is 5. The largest absolute Gasteiger partial charge is 0.366 e. The Hall–Kier alpha value is -3.08. The van der Waals surface area contributed by atoms with Crippen molar-refractivity contribution in [2.45, 2.75) is 12.8 Å². The molecule has 1 fully saturated rings. The highest BCUT2D eigenvalue weighted by atomic mass is 35.5. The van der Waals surface area contributed by atoms with E-state index in [0.717, 1.165) is 25.9 Å². The molecule has 7 nitrogen and oxygen atoms in total. The third-order valence-electron chi connectivity index (χ3n) is 4.44. The Kier molecular flexibility index (Phi) is 6.37. The molecular weight excluding hydrogens is 415 g/mol. The fourth-order valence-corrected chi connectivity index (χ4v) is 3.67. The van der Waals surface area contributed by atoms with Gasteiger partial charge in [0.05, 0.1) is 4.92 Å². The summed E-state index contributed by atoms with van der Waals surface area (Å²) < 4.78 is 0. The number of carbonyl (C=O) groups is 1. The van der Waals surface area contributed by atoms with Crippen LogP contribution in [0.25, 0.3) is 6.08 Å². The van der Waals surface area contributed by atoms with Gasteiger partial charge in [0, 0.05) is 34.9 Å². The maximum atomic E-state index is 12.4. The zero-order valence-corrected chi connectivity index (χ0v) is 16.7. The third-order valence-corrected chi connectivity index (χ3v) is 4.88. The zero-order valence-electron chi connectivity index (χ0n) is 15.2. The Balaban J connectivity index is 1.88. The van der Waals surface area contributed by atoms with Crippen LogP contribution in [-0.4, -0.2) is 23.9 Å². The highest BCUT2D eigenvalue weighted by Crippen LogP contribution is 2.32. The molecule has 2 aromatic carbocycles. The molecule has 9 heteroatoms. The van der Waals surface area contributed by atoms with E-state index in [2.05, 4.69) is 5.32 Å². The van der Waals surface area contributed by atoms with Gasteiger partial charge in [0.15, 0.2) is 0 Å². The Morgan fingerprint density at radius 2 is 1.83 bits per heavy atom. The predicted molar refractivity (Wildman–Crippen MR) is 113 cm³/mol. The van der Waals surface area contributed by atoms with E-state index < -0.39 is 10.8 Å². The molecule has 0 aliphatic carbocycles. The van der Waals surface area contributed by atoms with Crippen LogP contribution in [0.1, 0.15) is 18.4 Å². The number of carbonyl (C=O) groups excluding carboxylic acids is 1. The standard InChI is InChI=1S/C20H16Cl2N4O3/c21-15-9-16(22)11-17(10-15)24-20(27)14(12-23)7-13-3-4-18(19(8-13)26(28)29)25-5-1-2-6-25/h3-4,7-11H,1-2,5-6H2,(H,24,27)/b14-7+. The molecule has 1 saturated heterocycles. The Labute approximate surface area is 177 Å². The molecule has 2 aromatic rings. The molecule has 29 heavy (non-hydrogen) atoms. The maximum absolute atomic E-state index is 12.4. The highest BCUT2D eigenvalue weighted by Gasteiger charge is 2.22. The first-order valence-electron chi connectivity index (χ1n) is 8.80. The molecular formula is C20H16Cl2N4O3. The minimum absolute atomic E-state index is 0.0556. The number of amides is 1. The van der Waals surface area contributed by atoms with Gasteiger partial charge in [0.2, 0.25) is 0 Å². The SMILES string of the molecule is N#C/C(=C\c1ccc(N2CCCC2)c([N+](=O)[O-])c1)C(=O)Nc1cc(Cl)cc(Cl)c1. The second kappa shape index (κ2) is 8.95. The van der Waals surface area contributed by atoms with Crippen LogP contribution >= 0.6 is 23.2 Å². The average Bonchev–Trinajstić information content (AvgIpc) is 3.19. The van der Waals surface area contributed by atoms with Gasteiger partial charge in [-0.3, -0.25) is 14.9 Å². The van der Waals surface area contributed by atoms with E-state index in [0.29, 0.717) is 27.0 Å². The Morgan fingerprint density at radius 3 is 2.41 bits per heavy atom. The fourth-order valence-electron chi connectivity index (χ4n) is 3.14. The van der Waals surface area contributed by atoms with Crippen LogP contribution in [0.3, 0.4) is 0 Å². The first-order valence-corrected chi connectivity index (χ1v) is 9.55. The van der Waals surface area contributed by atoms with Crippen molar-refractivity contribution in [1.29, 1.82) is 5.26 Å². The topological polar surface area (TPSA) is 99.3 Å². The molecule has 148 valence electrons. The van der Waals surface area contributed by atoms with Crippen LogP contribution in [0.2, 0.25) is 10.0 Å². The summed E-state index contributed by atoms with van der Waals surface area (Å²) in [5.41, 5.74) is 1.00. The van der Waals surface area contributed by atoms with Crippen LogP contribution in [0, 0.1) is 21.4 Å². The number of halogens is 2. The van der Waals surface area contributed by atoms with Crippen LogP contribution in [0.5, 0.6) is 0 Å². The van der Waals surface area contributed by atoms with Crippen molar-refractivity contribution in [2.75, 3.05) is 23.3 Å². The number of anilines is 2. The lowest BCUT2D eigenvalue weighted by molar-refractivity contribution is -0.384. The monoisotopic (exact) mass is 430 g/mol. The van der Waals surface area contributed by atoms with Crippen molar-refractivity contribution in [1.82, 2.24) is 0 Å². The lowest BCUT2D eigenvalue weighted by atomic mass is 10.1. The van der Waals surface area contributed by atoms with Crippen LogP contribution < -0.4 is 10.2 Å². The fraction of sp³-hybridized carbons (Fsp3) is 0.200. The number of rotatable bonds is 5. The van der Waals surface area contributed by atoms with Crippen molar-refractivity contribution < 1.29 is 9.72 Å². The summed E-state index contributed by atoms with van der Waals surface area (Å²) in [6.07, 6.45) is 3.29. The number of hydrogen-bond donors (Lipinski definition) is 1. The predicted octanol–water partition coefficient (Wildman–Crippen LogP) is 5.05. The summed E-state index contributed by atoms with van der Waals surface area (Å²) in [7, 11) is 0. The molecule has 0 unspecified atom stereocenters. The average molecular weight is 431 g/mol. The smallest absolute Gasteiger partial charge is 0.293 e. The summed E-state index contributed by atoms with van der Waals surface area (Å²) in [5.74, 6) is -0.669. The van der Waals surface area contributed by atoms with Crippen molar-refractivity contribution in [3.8, 4) is 6.07 Å². The minimum Gasteiger partial charge on any atom is -0.366 e. The van der Waals surface area contributed by atoms with E-state index in [1.165, 1.54) is 30.3 Å². The number of nitrogens with zero attached hydrogens (tertiary/aromatic N) is 3. The second-order valence-electron chi connectivity index (χ2n) is 6.48. The maximum Gasteiger partial charge on any atom is 0.293 e. The number of nitro groups is 1. The van der Waals surface area contributed by atoms with Crippen molar-refractivity contribution in [3.05, 3.63) is 67.7 Å². The lowest BCUT2D eigenvalue weighted by Crippen LogP contribution is -2.18. The van der Waals surface area contributed by atoms with Gasteiger partial charge >= 0.3 is 0 Å². The molecule has 1 aliphatic rings. The van der Waals surface area contributed by atoms with E-state index in [1.54, 1.807) is 12.1 Å². The van der Waals surface area contributed by atoms with Crippen molar-refractivity contribution in [2.24, 2.45) is 0 Å². The quantitative estimate of drug-likeness (QED) is 0.309. The molecule has 0 saturated carbocycles. The summed E-state index contributed by atoms with van der Waals surface area (Å²) in [6.45, 7) is 1.54. The Bertz CT molecular complexity index is 1020. The lowest BCUT2D eigenvalue weighted by Gasteiger charge is -2.17. The van der Waals surface area contributed by atoms with Crippen LogP contribution in [-0.2, 0) is 4.79 Å². The first-order chi connectivity index (χ1) is 13.9. The molecule has 1 heterocycles. The van der Waals surface area contributed by atoms with Gasteiger partial charge in [-0.1, -0.05) is 29.3 Å². The van der Waals surface area contributed by atoms with Crippen LogP contribution in [0.4, 0.5) is 17.1 Å². The molecule has 3 rings (SSSR count). The first kappa shape index (κ1) is 20.6. The zero-order chi connectivity index (χ0) is 21.0. The van der Waals surface area contributed by atoms with Gasteiger partial charge in [-0.15, -0.1) is 0 Å². The van der Waals surface area contributed by atoms with Gasteiger partial charge in [-0.05, 0) is 48.7 Å². The number of nitrogens with one attached hydrogen (secondary N) is 1. The third kappa shape index (κ3) is 5.05. The number of nitriles is 1. The van der Waals surface area contributed by atoms with Gasteiger partial charge in [-0.2, -0.15) is 5.26 Å². The van der Waals surface area contributed by atoms with Crippen LogP contribution in [0.15, 0.2) is 42.0 Å². The molecule has 1 N–H and O–H groups in total. The highest BCUT2D eigenvalue weighted by molar-refractivity contribution is 6.35. The van der Waals surface area contributed by atoms with Gasteiger partial charge in [-0.25, -0.2) is 0 Å². The number of nitro benzene ring substituents is 1. The summed E-state index contributed by atoms with van der Waals surface area (Å²) >= 11 is 11.8. The van der Waals surface area contributed by atoms with E-state index >= 15 is 0 Å². The molecule has 1 aliphatic heterocycles.